The molecular formula is C18H23N3O5S. The van der Waals surface area contributed by atoms with Crippen molar-refractivity contribution in [3.05, 3.63) is 57.1 Å². The summed E-state index contributed by atoms with van der Waals surface area (Å²) >= 11 is 0. The predicted molar refractivity (Wildman–Crippen MR) is 104 cm³/mol. The van der Waals surface area contributed by atoms with Gasteiger partial charge in [0.05, 0.1) is 16.4 Å². The van der Waals surface area contributed by atoms with Crippen LogP contribution in [0.25, 0.3) is 0 Å². The summed E-state index contributed by atoms with van der Waals surface area (Å²) in [4.78, 5) is 10.2. The van der Waals surface area contributed by atoms with Gasteiger partial charge in [-0.3, -0.25) is 10.1 Å². The molecule has 0 fully saturated rings. The van der Waals surface area contributed by atoms with E-state index in [1.54, 1.807) is 0 Å². The fourth-order valence-corrected chi connectivity index (χ4v) is 3.15. The van der Waals surface area contributed by atoms with Crippen LogP contribution in [-0.4, -0.2) is 26.5 Å². The highest BCUT2D eigenvalue weighted by Crippen LogP contribution is 2.27. The molecule has 0 saturated heterocycles. The number of nitrogens with one attached hydrogen (secondary N) is 1. The molecule has 0 bridgehead atoms. The van der Waals surface area contributed by atoms with E-state index in [0.29, 0.717) is 19.6 Å². The van der Waals surface area contributed by atoms with Gasteiger partial charge in [0.2, 0.25) is 10.0 Å². The zero-order valence-corrected chi connectivity index (χ0v) is 16.3. The van der Waals surface area contributed by atoms with Crippen molar-refractivity contribution in [1.82, 2.24) is 0 Å². The van der Waals surface area contributed by atoms with E-state index in [-0.39, 0.29) is 16.3 Å². The third kappa shape index (κ3) is 5.41. The Morgan fingerprint density at radius 2 is 1.89 bits per heavy atom. The first-order valence-corrected chi connectivity index (χ1v) is 9.90. The van der Waals surface area contributed by atoms with E-state index in [1.807, 2.05) is 26.8 Å². The first-order valence-electron chi connectivity index (χ1n) is 8.35. The van der Waals surface area contributed by atoms with Gasteiger partial charge >= 0.3 is 0 Å². The lowest BCUT2D eigenvalue weighted by Crippen LogP contribution is -2.13. The molecule has 0 unspecified atom stereocenters. The van der Waals surface area contributed by atoms with Crippen LogP contribution in [0.2, 0.25) is 0 Å². The lowest BCUT2D eigenvalue weighted by atomic mass is 10.1. The number of nitro groups is 1. The molecule has 2 aromatic carbocycles. The molecule has 0 aromatic heterocycles. The van der Waals surface area contributed by atoms with Gasteiger partial charge in [0.15, 0.2) is 0 Å². The van der Waals surface area contributed by atoms with Crippen LogP contribution in [0.4, 0.5) is 11.4 Å². The molecule has 0 amide bonds. The molecular weight excluding hydrogens is 370 g/mol. The molecule has 0 saturated carbocycles. The van der Waals surface area contributed by atoms with Gasteiger partial charge in [-0.1, -0.05) is 6.07 Å². The maximum absolute atomic E-state index is 11.3. The minimum absolute atomic E-state index is 0.231. The summed E-state index contributed by atoms with van der Waals surface area (Å²) < 4.78 is 28.5. The molecule has 2 rings (SSSR count). The quantitative estimate of drug-likeness (QED) is 0.403. The highest BCUT2D eigenvalue weighted by molar-refractivity contribution is 7.89. The molecule has 146 valence electrons. The number of hydrogen-bond acceptors (Lipinski definition) is 6. The average molecular weight is 393 g/mol. The SMILES string of the molecule is Cc1cc(C)c(C)c(OCCCNc2ccc(S(N)(=O)=O)cc2[N+](=O)[O-])c1. The van der Waals surface area contributed by atoms with Crippen molar-refractivity contribution in [2.24, 2.45) is 5.14 Å². The van der Waals surface area contributed by atoms with Gasteiger partial charge in [-0.15, -0.1) is 0 Å². The maximum Gasteiger partial charge on any atom is 0.293 e. The maximum atomic E-state index is 11.3. The summed E-state index contributed by atoms with van der Waals surface area (Å²) in [6.45, 7) is 6.91. The van der Waals surface area contributed by atoms with Crippen molar-refractivity contribution in [3.8, 4) is 5.75 Å². The molecule has 0 aliphatic heterocycles. The van der Waals surface area contributed by atoms with Crippen LogP contribution in [-0.2, 0) is 10.0 Å². The predicted octanol–water partition coefficient (Wildman–Crippen LogP) is 3.05. The first kappa shape index (κ1) is 20.7. The van der Waals surface area contributed by atoms with Crippen LogP contribution in [0.5, 0.6) is 5.75 Å². The Bertz CT molecular complexity index is 958. The molecule has 2 aromatic rings. The molecule has 0 heterocycles. The van der Waals surface area contributed by atoms with Crippen LogP contribution >= 0.6 is 0 Å². The minimum atomic E-state index is -4.00. The van der Waals surface area contributed by atoms with E-state index in [1.165, 1.54) is 12.1 Å². The third-order valence-electron chi connectivity index (χ3n) is 4.15. The Kier molecular flexibility index (Phi) is 6.40. The summed E-state index contributed by atoms with van der Waals surface area (Å²) in [5, 5.41) is 19.1. The van der Waals surface area contributed by atoms with E-state index in [9.17, 15) is 18.5 Å². The van der Waals surface area contributed by atoms with E-state index >= 15 is 0 Å². The summed E-state index contributed by atoms with van der Waals surface area (Å²) in [6.07, 6.45) is 0.612. The normalized spacial score (nSPS) is 11.3. The summed E-state index contributed by atoms with van der Waals surface area (Å²) in [5.74, 6) is 0.830. The number of anilines is 1. The molecule has 0 aliphatic rings. The van der Waals surface area contributed by atoms with Crippen LogP contribution < -0.4 is 15.2 Å². The van der Waals surface area contributed by atoms with Gasteiger partial charge in [-0.25, -0.2) is 13.6 Å². The number of ether oxygens (including phenoxy) is 1. The van der Waals surface area contributed by atoms with E-state index < -0.39 is 14.9 Å². The van der Waals surface area contributed by atoms with Gasteiger partial charge in [-0.2, -0.15) is 0 Å². The van der Waals surface area contributed by atoms with Crippen molar-refractivity contribution < 1.29 is 18.1 Å². The standard InChI is InChI=1S/C18H23N3O5S/c1-12-9-13(2)14(3)18(10-12)26-8-4-7-20-16-6-5-15(27(19,24)25)11-17(16)21(22)23/h5-6,9-11,20H,4,7-8H2,1-3H3,(H2,19,24,25). The molecule has 0 spiro atoms. The number of nitrogens with zero attached hydrogens (tertiary/aromatic N) is 1. The number of aryl methyl sites for hydroxylation is 2. The Balaban J connectivity index is 1.97. The molecule has 8 nitrogen and oxygen atoms in total. The lowest BCUT2D eigenvalue weighted by Gasteiger charge is -2.13. The summed E-state index contributed by atoms with van der Waals surface area (Å²) in [6, 6.07) is 7.60. The molecule has 9 heteroatoms. The molecule has 0 atom stereocenters. The van der Waals surface area contributed by atoms with Crippen molar-refractivity contribution >= 4 is 21.4 Å². The van der Waals surface area contributed by atoms with Crippen LogP contribution in [0, 0.1) is 30.9 Å². The fourth-order valence-electron chi connectivity index (χ4n) is 2.62. The fraction of sp³-hybridized carbons (Fsp3) is 0.333. The number of benzene rings is 2. The van der Waals surface area contributed by atoms with E-state index in [4.69, 9.17) is 9.88 Å². The van der Waals surface area contributed by atoms with Crippen LogP contribution in [0.15, 0.2) is 35.2 Å². The Labute approximate surface area is 158 Å². The molecule has 0 aliphatic carbocycles. The second-order valence-electron chi connectivity index (χ2n) is 6.31. The smallest absolute Gasteiger partial charge is 0.293 e. The topological polar surface area (TPSA) is 125 Å². The first-order chi connectivity index (χ1) is 12.6. The molecule has 27 heavy (non-hydrogen) atoms. The highest BCUT2D eigenvalue weighted by atomic mass is 32.2. The Morgan fingerprint density at radius 1 is 1.19 bits per heavy atom. The summed E-state index contributed by atoms with van der Waals surface area (Å²) in [5.41, 5.74) is 3.26. The Morgan fingerprint density at radius 3 is 2.52 bits per heavy atom. The van der Waals surface area contributed by atoms with Gasteiger partial charge in [-0.05, 0) is 62.1 Å². The average Bonchev–Trinajstić information content (AvgIpc) is 2.57. The van der Waals surface area contributed by atoms with Crippen molar-refractivity contribution in [3.63, 3.8) is 0 Å². The number of hydrogen-bond donors (Lipinski definition) is 2. The number of sulfonamides is 1. The van der Waals surface area contributed by atoms with Gasteiger partial charge in [0.1, 0.15) is 11.4 Å². The van der Waals surface area contributed by atoms with Crippen molar-refractivity contribution in [2.75, 3.05) is 18.5 Å². The largest absolute Gasteiger partial charge is 0.493 e. The van der Waals surface area contributed by atoms with Gasteiger partial charge < -0.3 is 10.1 Å². The molecule has 0 radical (unpaired) electrons. The second-order valence-corrected chi connectivity index (χ2v) is 7.88. The Hall–Kier alpha value is -2.65. The zero-order chi connectivity index (χ0) is 20.2. The van der Waals surface area contributed by atoms with Crippen molar-refractivity contribution in [1.29, 1.82) is 0 Å². The minimum Gasteiger partial charge on any atom is -0.493 e. The van der Waals surface area contributed by atoms with E-state index in [0.717, 1.165) is 28.5 Å². The number of rotatable bonds is 8. The highest BCUT2D eigenvalue weighted by Gasteiger charge is 2.18. The monoisotopic (exact) mass is 393 g/mol. The molecule has 3 N–H and O–H groups in total. The van der Waals surface area contributed by atoms with E-state index in [2.05, 4.69) is 11.4 Å². The third-order valence-corrected chi connectivity index (χ3v) is 5.06. The summed E-state index contributed by atoms with van der Waals surface area (Å²) in [7, 11) is -4.00. The second kappa shape index (κ2) is 8.36. The lowest BCUT2D eigenvalue weighted by molar-refractivity contribution is -0.384. The van der Waals surface area contributed by atoms with Crippen molar-refractivity contribution in [2.45, 2.75) is 32.1 Å². The number of primary sulfonamides is 1. The van der Waals surface area contributed by atoms with Gasteiger partial charge in [0, 0.05) is 12.6 Å². The van der Waals surface area contributed by atoms with Crippen LogP contribution in [0.1, 0.15) is 23.1 Å². The zero-order valence-electron chi connectivity index (χ0n) is 15.5. The number of nitrogens with two attached hydrogens (primary N) is 1. The van der Waals surface area contributed by atoms with Gasteiger partial charge in [0.25, 0.3) is 5.69 Å². The number of nitro benzene ring substituents is 1. The van der Waals surface area contributed by atoms with Crippen LogP contribution in [0.3, 0.4) is 0 Å².